The van der Waals surface area contributed by atoms with Gasteiger partial charge in [-0.05, 0) is 17.5 Å². The quantitative estimate of drug-likeness (QED) is 0.860. The molecule has 0 bridgehead atoms. The van der Waals surface area contributed by atoms with E-state index in [-0.39, 0.29) is 0 Å². The number of thiophene rings is 1. The highest BCUT2D eigenvalue weighted by molar-refractivity contribution is 7.09. The summed E-state index contributed by atoms with van der Waals surface area (Å²) in [6.07, 6.45) is 0. The van der Waals surface area contributed by atoms with Crippen LogP contribution in [0.4, 0.5) is 5.82 Å². The highest BCUT2D eigenvalue weighted by Gasteiger charge is 1.97. The standard InChI is InChI=1S/C11H12N2OS/c1-14-11-6-2-5-10(13-11)12-8-9-4-3-7-15-9/h2-7H,8H2,1H3,(H,12,13). The molecule has 0 aliphatic rings. The fourth-order valence-corrected chi connectivity index (χ4v) is 1.86. The molecule has 0 unspecified atom stereocenters. The van der Waals surface area contributed by atoms with Gasteiger partial charge in [0.2, 0.25) is 5.88 Å². The van der Waals surface area contributed by atoms with Gasteiger partial charge < -0.3 is 10.1 Å². The van der Waals surface area contributed by atoms with Gasteiger partial charge in [-0.15, -0.1) is 11.3 Å². The normalized spacial score (nSPS) is 9.93. The van der Waals surface area contributed by atoms with Gasteiger partial charge in [0.1, 0.15) is 5.82 Å². The molecule has 0 saturated carbocycles. The third kappa shape index (κ3) is 2.70. The first-order chi connectivity index (χ1) is 7.38. The molecular weight excluding hydrogens is 208 g/mol. The maximum Gasteiger partial charge on any atom is 0.214 e. The van der Waals surface area contributed by atoms with Crippen LogP contribution in [0.5, 0.6) is 5.88 Å². The number of nitrogens with one attached hydrogen (secondary N) is 1. The zero-order valence-corrected chi connectivity index (χ0v) is 9.25. The zero-order chi connectivity index (χ0) is 10.5. The van der Waals surface area contributed by atoms with Crippen LogP contribution in [0.2, 0.25) is 0 Å². The van der Waals surface area contributed by atoms with Crippen molar-refractivity contribution >= 4 is 17.2 Å². The number of rotatable bonds is 4. The van der Waals surface area contributed by atoms with E-state index in [2.05, 4.69) is 21.7 Å². The Kier molecular flexibility index (Phi) is 3.19. The Morgan fingerprint density at radius 1 is 1.33 bits per heavy atom. The van der Waals surface area contributed by atoms with E-state index < -0.39 is 0 Å². The third-order valence-electron chi connectivity index (χ3n) is 1.96. The fourth-order valence-electron chi connectivity index (χ4n) is 1.22. The lowest BCUT2D eigenvalue weighted by molar-refractivity contribution is 0.398. The van der Waals surface area contributed by atoms with Crippen LogP contribution in [0.3, 0.4) is 0 Å². The lowest BCUT2D eigenvalue weighted by atomic mass is 10.4. The fraction of sp³-hybridized carbons (Fsp3) is 0.182. The van der Waals surface area contributed by atoms with E-state index in [1.807, 2.05) is 24.3 Å². The number of anilines is 1. The molecule has 0 amide bonds. The first-order valence-electron chi connectivity index (χ1n) is 4.66. The second-order valence-corrected chi connectivity index (χ2v) is 4.03. The SMILES string of the molecule is COc1cccc(NCc2cccs2)n1. The number of aromatic nitrogens is 1. The predicted molar refractivity (Wildman–Crippen MR) is 62.4 cm³/mol. The van der Waals surface area contributed by atoms with Crippen molar-refractivity contribution in [3.63, 3.8) is 0 Å². The lowest BCUT2D eigenvalue weighted by Gasteiger charge is -2.05. The molecule has 0 atom stereocenters. The first kappa shape index (κ1) is 9.98. The molecule has 2 aromatic rings. The van der Waals surface area contributed by atoms with Crippen molar-refractivity contribution in [2.75, 3.05) is 12.4 Å². The summed E-state index contributed by atoms with van der Waals surface area (Å²) in [5.74, 6) is 1.47. The first-order valence-corrected chi connectivity index (χ1v) is 5.54. The minimum Gasteiger partial charge on any atom is -0.481 e. The van der Waals surface area contributed by atoms with Crippen LogP contribution in [-0.4, -0.2) is 12.1 Å². The average molecular weight is 220 g/mol. The van der Waals surface area contributed by atoms with Crippen molar-refractivity contribution in [1.82, 2.24) is 4.98 Å². The molecule has 0 spiro atoms. The molecule has 0 saturated heterocycles. The van der Waals surface area contributed by atoms with Crippen LogP contribution in [0.25, 0.3) is 0 Å². The summed E-state index contributed by atoms with van der Waals surface area (Å²) in [5.41, 5.74) is 0. The topological polar surface area (TPSA) is 34.1 Å². The molecule has 15 heavy (non-hydrogen) atoms. The van der Waals surface area contributed by atoms with Crippen molar-refractivity contribution in [2.45, 2.75) is 6.54 Å². The maximum atomic E-state index is 5.04. The van der Waals surface area contributed by atoms with Crippen LogP contribution in [0.1, 0.15) is 4.88 Å². The van der Waals surface area contributed by atoms with E-state index in [1.54, 1.807) is 18.4 Å². The van der Waals surface area contributed by atoms with Crippen LogP contribution in [-0.2, 0) is 6.54 Å². The second-order valence-electron chi connectivity index (χ2n) is 3.00. The molecule has 4 heteroatoms. The molecule has 0 aliphatic carbocycles. The average Bonchev–Trinajstić information content (AvgIpc) is 2.79. The van der Waals surface area contributed by atoms with E-state index in [9.17, 15) is 0 Å². The molecular formula is C11H12N2OS. The number of methoxy groups -OCH3 is 1. The van der Waals surface area contributed by atoms with Crippen LogP contribution in [0, 0.1) is 0 Å². The van der Waals surface area contributed by atoms with Crippen molar-refractivity contribution < 1.29 is 4.74 Å². The van der Waals surface area contributed by atoms with E-state index in [0.29, 0.717) is 5.88 Å². The van der Waals surface area contributed by atoms with Crippen LogP contribution >= 0.6 is 11.3 Å². The smallest absolute Gasteiger partial charge is 0.214 e. The Hall–Kier alpha value is -1.55. The zero-order valence-electron chi connectivity index (χ0n) is 8.43. The van der Waals surface area contributed by atoms with Crippen molar-refractivity contribution in [2.24, 2.45) is 0 Å². The van der Waals surface area contributed by atoms with Gasteiger partial charge in [-0.3, -0.25) is 0 Å². The summed E-state index contributed by atoms with van der Waals surface area (Å²) in [4.78, 5) is 5.55. The van der Waals surface area contributed by atoms with E-state index in [4.69, 9.17) is 4.74 Å². The molecule has 0 aromatic carbocycles. The molecule has 3 nitrogen and oxygen atoms in total. The Morgan fingerprint density at radius 3 is 3.00 bits per heavy atom. The van der Waals surface area contributed by atoms with Gasteiger partial charge >= 0.3 is 0 Å². The highest BCUT2D eigenvalue weighted by atomic mass is 32.1. The number of pyridine rings is 1. The minimum absolute atomic E-state index is 0.631. The Morgan fingerprint density at radius 2 is 2.27 bits per heavy atom. The number of hydrogen-bond donors (Lipinski definition) is 1. The Labute approximate surface area is 92.7 Å². The third-order valence-corrected chi connectivity index (χ3v) is 2.83. The molecule has 0 radical (unpaired) electrons. The number of nitrogens with zero attached hydrogens (tertiary/aromatic N) is 1. The molecule has 0 aliphatic heterocycles. The molecule has 0 fully saturated rings. The predicted octanol–water partition coefficient (Wildman–Crippen LogP) is 2.76. The Balaban J connectivity index is 1.98. The summed E-state index contributed by atoms with van der Waals surface area (Å²) in [7, 11) is 1.62. The summed E-state index contributed by atoms with van der Waals surface area (Å²) in [6.45, 7) is 0.803. The van der Waals surface area contributed by atoms with Gasteiger partial charge in [0, 0.05) is 10.9 Å². The summed E-state index contributed by atoms with van der Waals surface area (Å²) < 4.78 is 5.04. The maximum absolute atomic E-state index is 5.04. The van der Waals surface area contributed by atoms with Crippen molar-refractivity contribution in [3.05, 3.63) is 40.6 Å². The van der Waals surface area contributed by atoms with Gasteiger partial charge in [-0.25, -0.2) is 0 Å². The van der Waals surface area contributed by atoms with Gasteiger partial charge in [0.15, 0.2) is 0 Å². The minimum atomic E-state index is 0.631. The summed E-state index contributed by atoms with van der Waals surface area (Å²) >= 11 is 1.73. The van der Waals surface area contributed by atoms with Crippen LogP contribution in [0.15, 0.2) is 35.7 Å². The van der Waals surface area contributed by atoms with Gasteiger partial charge in [-0.1, -0.05) is 12.1 Å². The molecule has 2 aromatic heterocycles. The molecule has 2 heterocycles. The summed E-state index contributed by atoms with van der Waals surface area (Å²) in [6, 6.07) is 9.81. The van der Waals surface area contributed by atoms with E-state index in [1.165, 1.54) is 4.88 Å². The van der Waals surface area contributed by atoms with Crippen LogP contribution < -0.4 is 10.1 Å². The van der Waals surface area contributed by atoms with E-state index in [0.717, 1.165) is 12.4 Å². The van der Waals surface area contributed by atoms with Crippen molar-refractivity contribution in [1.29, 1.82) is 0 Å². The molecule has 78 valence electrons. The van der Waals surface area contributed by atoms with Gasteiger partial charge in [-0.2, -0.15) is 4.98 Å². The number of hydrogen-bond acceptors (Lipinski definition) is 4. The lowest BCUT2D eigenvalue weighted by Crippen LogP contribution is -2.00. The number of ether oxygens (including phenoxy) is 1. The van der Waals surface area contributed by atoms with Crippen molar-refractivity contribution in [3.8, 4) is 5.88 Å². The largest absolute Gasteiger partial charge is 0.481 e. The molecule has 1 N–H and O–H groups in total. The van der Waals surface area contributed by atoms with Gasteiger partial charge in [0.25, 0.3) is 0 Å². The molecule has 2 rings (SSSR count). The van der Waals surface area contributed by atoms with Gasteiger partial charge in [0.05, 0.1) is 13.7 Å². The highest BCUT2D eigenvalue weighted by Crippen LogP contribution is 2.14. The van der Waals surface area contributed by atoms with E-state index >= 15 is 0 Å². The Bertz CT molecular complexity index is 414. The monoisotopic (exact) mass is 220 g/mol. The second kappa shape index (κ2) is 4.79. The summed E-state index contributed by atoms with van der Waals surface area (Å²) in [5, 5.41) is 5.31.